The normalized spacial score (nSPS) is 17.1. The van der Waals surface area contributed by atoms with Crippen LogP contribution in [-0.4, -0.2) is 65.3 Å². The molecule has 0 aliphatic carbocycles. The van der Waals surface area contributed by atoms with E-state index in [1.54, 1.807) is 23.6 Å². The number of rotatable bonds is 2. The third-order valence-electron chi connectivity index (χ3n) is 3.19. The summed E-state index contributed by atoms with van der Waals surface area (Å²) in [7, 11) is 0. The number of amides is 2. The minimum atomic E-state index is -0.770. The summed E-state index contributed by atoms with van der Waals surface area (Å²) in [4.78, 5) is 27.4. The Balaban J connectivity index is 2.52. The molecular weight excluding hydrogens is 260 g/mol. The van der Waals surface area contributed by atoms with Crippen LogP contribution in [0.15, 0.2) is 0 Å². The number of carbonyl (C=O) groups is 2. The zero-order valence-electron chi connectivity index (χ0n) is 13.1. The summed E-state index contributed by atoms with van der Waals surface area (Å²) in [5, 5.41) is 9.23. The molecule has 0 spiro atoms. The predicted molar refractivity (Wildman–Crippen MR) is 75.3 cm³/mol. The van der Waals surface area contributed by atoms with Gasteiger partial charge in [-0.05, 0) is 34.6 Å². The van der Waals surface area contributed by atoms with Crippen LogP contribution in [0.25, 0.3) is 0 Å². The molecule has 2 amide bonds. The lowest BCUT2D eigenvalue weighted by Gasteiger charge is -2.38. The number of nitrogens with zero attached hydrogens (tertiary/aromatic N) is 2. The first-order valence-electron chi connectivity index (χ1n) is 6.95. The molecule has 1 fully saturated rings. The molecule has 1 heterocycles. The van der Waals surface area contributed by atoms with E-state index in [-0.39, 0.29) is 18.6 Å². The summed E-state index contributed by atoms with van der Waals surface area (Å²) < 4.78 is 5.30. The van der Waals surface area contributed by atoms with Crippen LogP contribution in [0.3, 0.4) is 0 Å². The highest BCUT2D eigenvalue weighted by Crippen LogP contribution is 2.19. The van der Waals surface area contributed by atoms with E-state index < -0.39 is 11.0 Å². The number of hydrogen-bond acceptors (Lipinski definition) is 4. The Bertz CT molecular complexity index is 366. The molecule has 1 saturated heterocycles. The van der Waals surface area contributed by atoms with Crippen LogP contribution in [-0.2, 0) is 9.53 Å². The van der Waals surface area contributed by atoms with Gasteiger partial charge in [0.1, 0.15) is 5.60 Å². The first-order chi connectivity index (χ1) is 9.07. The number of ether oxygens (including phenoxy) is 1. The Morgan fingerprint density at radius 3 is 1.85 bits per heavy atom. The van der Waals surface area contributed by atoms with Gasteiger partial charge in [-0.1, -0.05) is 0 Å². The molecule has 0 atom stereocenters. The highest BCUT2D eigenvalue weighted by molar-refractivity contribution is 5.82. The van der Waals surface area contributed by atoms with Crippen LogP contribution < -0.4 is 0 Å². The van der Waals surface area contributed by atoms with Gasteiger partial charge in [-0.15, -0.1) is 0 Å². The Kier molecular flexibility index (Phi) is 5.02. The van der Waals surface area contributed by atoms with E-state index in [4.69, 9.17) is 4.74 Å². The van der Waals surface area contributed by atoms with Crippen molar-refractivity contribution in [3.8, 4) is 0 Å². The second-order valence-corrected chi connectivity index (χ2v) is 6.80. The van der Waals surface area contributed by atoms with Crippen molar-refractivity contribution in [1.82, 2.24) is 9.80 Å². The second-order valence-electron chi connectivity index (χ2n) is 6.80. The van der Waals surface area contributed by atoms with E-state index >= 15 is 0 Å². The van der Waals surface area contributed by atoms with Gasteiger partial charge in [0, 0.05) is 26.2 Å². The molecule has 6 nitrogen and oxygen atoms in total. The fraction of sp³-hybridized carbons (Fsp3) is 0.857. The van der Waals surface area contributed by atoms with E-state index in [2.05, 4.69) is 0 Å². The van der Waals surface area contributed by atoms with Crippen molar-refractivity contribution in [3.63, 3.8) is 0 Å². The largest absolute Gasteiger partial charge is 0.444 e. The molecule has 1 rings (SSSR count). The van der Waals surface area contributed by atoms with Crippen LogP contribution in [0.1, 0.15) is 34.6 Å². The molecule has 0 bridgehead atoms. The van der Waals surface area contributed by atoms with Gasteiger partial charge < -0.3 is 19.6 Å². The summed E-state index contributed by atoms with van der Waals surface area (Å²) in [6.45, 7) is 10.6. The molecule has 1 N–H and O–H groups in total. The average molecular weight is 286 g/mol. The van der Waals surface area contributed by atoms with Crippen LogP contribution in [0.4, 0.5) is 4.79 Å². The Labute approximate surface area is 120 Å². The lowest BCUT2D eigenvalue weighted by Crippen LogP contribution is -2.54. The van der Waals surface area contributed by atoms with Gasteiger partial charge in [0.15, 0.2) is 0 Å². The molecule has 0 saturated carbocycles. The molecule has 0 aromatic carbocycles. The first-order valence-corrected chi connectivity index (χ1v) is 6.95. The smallest absolute Gasteiger partial charge is 0.410 e. The molecule has 1 aliphatic rings. The van der Waals surface area contributed by atoms with Crippen molar-refractivity contribution in [1.29, 1.82) is 0 Å². The van der Waals surface area contributed by atoms with Crippen LogP contribution >= 0.6 is 0 Å². The van der Waals surface area contributed by atoms with E-state index in [0.717, 1.165) is 0 Å². The fourth-order valence-corrected chi connectivity index (χ4v) is 1.91. The minimum Gasteiger partial charge on any atom is -0.444 e. The second kappa shape index (κ2) is 5.99. The third kappa shape index (κ3) is 4.37. The SMILES string of the molecule is CC(C)(C)OC(=O)N1CCN(C(=O)C(C)(C)CO)CC1. The zero-order chi connectivity index (χ0) is 15.6. The zero-order valence-corrected chi connectivity index (χ0v) is 13.1. The summed E-state index contributed by atoms with van der Waals surface area (Å²) >= 11 is 0. The topological polar surface area (TPSA) is 70.1 Å². The molecule has 0 unspecified atom stereocenters. The lowest BCUT2D eigenvalue weighted by atomic mass is 9.92. The van der Waals surface area contributed by atoms with Gasteiger partial charge in [-0.25, -0.2) is 4.79 Å². The third-order valence-corrected chi connectivity index (χ3v) is 3.19. The summed E-state index contributed by atoms with van der Waals surface area (Å²) in [5.41, 5.74) is -1.28. The summed E-state index contributed by atoms with van der Waals surface area (Å²) in [5.74, 6) is -0.0798. The van der Waals surface area contributed by atoms with E-state index in [0.29, 0.717) is 26.2 Å². The monoisotopic (exact) mass is 286 g/mol. The van der Waals surface area contributed by atoms with Crippen molar-refractivity contribution < 1.29 is 19.4 Å². The number of piperazine rings is 1. The van der Waals surface area contributed by atoms with Gasteiger partial charge >= 0.3 is 6.09 Å². The van der Waals surface area contributed by atoms with Crippen molar-refractivity contribution in [3.05, 3.63) is 0 Å². The van der Waals surface area contributed by atoms with Crippen LogP contribution in [0, 0.1) is 5.41 Å². The fourth-order valence-electron chi connectivity index (χ4n) is 1.91. The highest BCUT2D eigenvalue weighted by atomic mass is 16.6. The predicted octanol–water partition coefficient (Wildman–Crippen LogP) is 1.08. The van der Waals surface area contributed by atoms with Gasteiger partial charge in [0.2, 0.25) is 5.91 Å². The van der Waals surface area contributed by atoms with Gasteiger partial charge in [-0.2, -0.15) is 0 Å². The van der Waals surface area contributed by atoms with E-state index in [1.165, 1.54) is 0 Å². The molecule has 0 aromatic rings. The van der Waals surface area contributed by atoms with E-state index in [1.807, 2.05) is 20.8 Å². The molecule has 0 radical (unpaired) electrons. The van der Waals surface area contributed by atoms with Crippen LogP contribution in [0.5, 0.6) is 0 Å². The van der Waals surface area contributed by atoms with Crippen molar-refractivity contribution in [2.45, 2.75) is 40.2 Å². The average Bonchev–Trinajstić information content (AvgIpc) is 2.36. The molecule has 20 heavy (non-hydrogen) atoms. The van der Waals surface area contributed by atoms with Crippen molar-refractivity contribution >= 4 is 12.0 Å². The van der Waals surface area contributed by atoms with Crippen molar-refractivity contribution in [2.24, 2.45) is 5.41 Å². The lowest BCUT2D eigenvalue weighted by molar-refractivity contribution is -0.144. The maximum atomic E-state index is 12.2. The van der Waals surface area contributed by atoms with Crippen molar-refractivity contribution in [2.75, 3.05) is 32.8 Å². The highest BCUT2D eigenvalue weighted by Gasteiger charge is 2.34. The Hall–Kier alpha value is -1.30. The summed E-state index contributed by atoms with van der Waals surface area (Å²) in [6.07, 6.45) is -0.342. The number of aliphatic hydroxyl groups excluding tert-OH is 1. The minimum absolute atomic E-state index is 0.0798. The molecule has 116 valence electrons. The van der Waals surface area contributed by atoms with Gasteiger partial charge in [0.25, 0.3) is 0 Å². The first kappa shape index (κ1) is 16.8. The Morgan fingerprint density at radius 1 is 1.00 bits per heavy atom. The molecule has 1 aliphatic heterocycles. The molecular formula is C14H26N2O4. The van der Waals surface area contributed by atoms with Gasteiger partial charge in [-0.3, -0.25) is 4.79 Å². The van der Waals surface area contributed by atoms with Crippen LogP contribution in [0.2, 0.25) is 0 Å². The standard InChI is InChI=1S/C14H26N2O4/c1-13(2,3)20-12(19)16-8-6-15(7-9-16)11(18)14(4,5)10-17/h17H,6-10H2,1-5H3. The quantitative estimate of drug-likeness (QED) is 0.825. The number of carbonyl (C=O) groups excluding carboxylic acids is 2. The van der Waals surface area contributed by atoms with Gasteiger partial charge in [0.05, 0.1) is 12.0 Å². The maximum Gasteiger partial charge on any atom is 0.410 e. The molecule has 6 heteroatoms. The molecule has 0 aromatic heterocycles. The number of aliphatic hydroxyl groups is 1. The van der Waals surface area contributed by atoms with E-state index in [9.17, 15) is 14.7 Å². The number of hydrogen-bond donors (Lipinski definition) is 1. The maximum absolute atomic E-state index is 12.2. The Morgan fingerprint density at radius 2 is 1.45 bits per heavy atom. The summed E-state index contributed by atoms with van der Waals surface area (Å²) in [6, 6.07) is 0.